The van der Waals surface area contributed by atoms with Crippen molar-refractivity contribution >= 4 is 22.6 Å². The summed E-state index contributed by atoms with van der Waals surface area (Å²) < 4.78 is 0. The van der Waals surface area contributed by atoms with Gasteiger partial charge in [0.1, 0.15) is 11.4 Å². The SMILES string of the molecule is CN1CCC(N2Cc3cc4[nH]c(-c5c(N[C@@H](CO)Cc6c[nH]cn6)cc[nH]c5=O)nc4cc3C2=O)CC1. The van der Waals surface area contributed by atoms with E-state index in [1.54, 1.807) is 24.8 Å². The smallest absolute Gasteiger partial charge is 0.261 e. The zero-order valence-electron chi connectivity index (χ0n) is 20.6. The number of aromatic amines is 3. The summed E-state index contributed by atoms with van der Waals surface area (Å²) in [4.78, 5) is 48.3. The number of rotatable bonds is 7. The molecule has 0 spiro atoms. The van der Waals surface area contributed by atoms with Gasteiger partial charge in [0.2, 0.25) is 0 Å². The van der Waals surface area contributed by atoms with E-state index < -0.39 is 0 Å². The summed E-state index contributed by atoms with van der Waals surface area (Å²) in [7, 11) is 2.12. The predicted octanol–water partition coefficient (Wildman–Crippen LogP) is 1.71. The Balaban J connectivity index is 1.29. The molecule has 11 heteroatoms. The van der Waals surface area contributed by atoms with Crippen LogP contribution in [0.15, 0.2) is 41.7 Å². The van der Waals surface area contributed by atoms with Gasteiger partial charge in [0.15, 0.2) is 0 Å². The van der Waals surface area contributed by atoms with Crippen molar-refractivity contribution in [3.63, 3.8) is 0 Å². The van der Waals surface area contributed by atoms with Gasteiger partial charge in [0.05, 0.1) is 41.4 Å². The molecule has 192 valence electrons. The summed E-state index contributed by atoms with van der Waals surface area (Å²) >= 11 is 0. The number of amides is 1. The van der Waals surface area contributed by atoms with Gasteiger partial charge in [0.25, 0.3) is 11.5 Å². The van der Waals surface area contributed by atoms with Gasteiger partial charge in [-0.05, 0) is 56.7 Å². The second-order valence-corrected chi connectivity index (χ2v) is 9.96. The first-order chi connectivity index (χ1) is 18.0. The first-order valence-corrected chi connectivity index (χ1v) is 12.6. The molecule has 3 aromatic heterocycles. The van der Waals surface area contributed by atoms with Crippen LogP contribution in [0.25, 0.3) is 22.4 Å². The highest BCUT2D eigenvalue weighted by Crippen LogP contribution is 2.32. The number of likely N-dealkylation sites (tertiary alicyclic amines) is 1. The minimum Gasteiger partial charge on any atom is -0.394 e. The minimum absolute atomic E-state index is 0.0556. The quantitative estimate of drug-likeness (QED) is 0.259. The van der Waals surface area contributed by atoms with Crippen molar-refractivity contribution < 1.29 is 9.90 Å². The third-order valence-corrected chi connectivity index (χ3v) is 7.46. The van der Waals surface area contributed by atoms with Crippen LogP contribution in [0.1, 0.15) is 34.5 Å². The zero-order valence-corrected chi connectivity index (χ0v) is 20.6. The molecule has 0 unspecified atom stereocenters. The lowest BCUT2D eigenvalue weighted by molar-refractivity contribution is 0.0617. The van der Waals surface area contributed by atoms with E-state index in [-0.39, 0.29) is 30.2 Å². The average Bonchev–Trinajstić information content (AvgIpc) is 3.62. The van der Waals surface area contributed by atoms with Crippen molar-refractivity contribution in [3.05, 3.63) is 64.1 Å². The number of nitrogens with one attached hydrogen (secondary N) is 4. The molecule has 11 nitrogen and oxygen atoms in total. The number of nitrogens with zero attached hydrogens (tertiary/aromatic N) is 4. The largest absolute Gasteiger partial charge is 0.394 e. The lowest BCUT2D eigenvalue weighted by atomic mass is 10.0. The van der Waals surface area contributed by atoms with E-state index in [0.717, 1.165) is 42.7 Å². The number of carbonyl (C=O) groups is 1. The molecule has 2 aliphatic rings. The molecule has 5 N–H and O–H groups in total. The van der Waals surface area contributed by atoms with Gasteiger partial charge >= 0.3 is 0 Å². The first-order valence-electron chi connectivity index (χ1n) is 12.6. The lowest BCUT2D eigenvalue weighted by Crippen LogP contribution is -2.43. The summed E-state index contributed by atoms with van der Waals surface area (Å²) in [5.41, 5.74) is 4.46. The molecule has 0 radical (unpaired) electrons. The number of aromatic nitrogens is 5. The van der Waals surface area contributed by atoms with E-state index in [1.165, 1.54) is 0 Å². The molecule has 37 heavy (non-hydrogen) atoms. The van der Waals surface area contributed by atoms with Gasteiger partial charge in [-0.25, -0.2) is 9.97 Å². The zero-order chi connectivity index (χ0) is 25.5. The van der Waals surface area contributed by atoms with Crippen LogP contribution in [-0.2, 0) is 13.0 Å². The Labute approximate surface area is 212 Å². The molecule has 2 aliphatic heterocycles. The molecule has 1 saturated heterocycles. The van der Waals surface area contributed by atoms with Gasteiger partial charge in [-0.1, -0.05) is 0 Å². The molecule has 0 saturated carbocycles. The number of piperidine rings is 1. The summed E-state index contributed by atoms with van der Waals surface area (Å²) in [5, 5.41) is 13.2. The van der Waals surface area contributed by atoms with Gasteiger partial charge in [0, 0.05) is 37.0 Å². The Hall–Kier alpha value is -3.96. The lowest BCUT2D eigenvalue weighted by Gasteiger charge is -2.34. The Bertz CT molecular complexity index is 1480. The number of fused-ring (bicyclic) bond motifs is 2. The van der Waals surface area contributed by atoms with Crippen molar-refractivity contribution in [1.82, 2.24) is 34.7 Å². The maximum absolute atomic E-state index is 13.3. The molecular formula is C26H30N8O3. The number of aliphatic hydroxyl groups is 1. The van der Waals surface area contributed by atoms with Crippen LogP contribution in [0.4, 0.5) is 5.69 Å². The van der Waals surface area contributed by atoms with Crippen LogP contribution >= 0.6 is 0 Å². The standard InChI is InChI=1S/C26H30N8O3/c1-33-6-3-18(4-7-33)34-12-15-8-21-22(10-19(15)26(34)37)32-24(31-21)23-20(2-5-28-25(23)36)30-17(13-35)9-16-11-27-14-29-16/h2,5,8,10-11,14,17-18,35H,3-4,6-7,9,12-13H2,1H3,(H,27,29)(H,31,32)(H2,28,30,36)/t17-/m1/s1. The number of aliphatic hydroxyl groups excluding tert-OH is 1. The maximum atomic E-state index is 13.3. The monoisotopic (exact) mass is 502 g/mol. The first kappa shape index (κ1) is 23.4. The molecule has 0 bridgehead atoms. The molecule has 1 fully saturated rings. The maximum Gasteiger partial charge on any atom is 0.261 e. The Morgan fingerprint density at radius 3 is 2.84 bits per heavy atom. The number of hydrogen-bond acceptors (Lipinski definition) is 7. The third kappa shape index (κ3) is 4.40. The predicted molar refractivity (Wildman–Crippen MR) is 139 cm³/mol. The fourth-order valence-electron chi connectivity index (χ4n) is 5.43. The van der Waals surface area contributed by atoms with E-state index in [2.05, 4.69) is 37.2 Å². The number of anilines is 1. The molecule has 0 aliphatic carbocycles. The van der Waals surface area contributed by atoms with E-state index in [4.69, 9.17) is 4.98 Å². The summed E-state index contributed by atoms with van der Waals surface area (Å²) in [6.07, 6.45) is 7.37. The van der Waals surface area contributed by atoms with E-state index in [1.807, 2.05) is 17.0 Å². The topological polar surface area (TPSA) is 146 Å². The van der Waals surface area contributed by atoms with Crippen molar-refractivity contribution in [2.45, 2.75) is 37.9 Å². The van der Waals surface area contributed by atoms with Crippen LogP contribution in [0.3, 0.4) is 0 Å². The summed E-state index contributed by atoms with van der Waals surface area (Å²) in [6, 6.07) is 5.47. The van der Waals surface area contributed by atoms with Crippen molar-refractivity contribution in [3.8, 4) is 11.4 Å². The van der Waals surface area contributed by atoms with Gasteiger partial charge < -0.3 is 35.2 Å². The fourth-order valence-corrected chi connectivity index (χ4v) is 5.43. The van der Waals surface area contributed by atoms with Crippen LogP contribution in [0, 0.1) is 0 Å². The van der Waals surface area contributed by atoms with Crippen molar-refractivity contribution in [2.24, 2.45) is 0 Å². The minimum atomic E-state index is -0.347. The molecule has 5 heterocycles. The Morgan fingerprint density at radius 1 is 1.24 bits per heavy atom. The second kappa shape index (κ2) is 9.49. The van der Waals surface area contributed by atoms with Gasteiger partial charge in [-0.3, -0.25) is 9.59 Å². The molecule has 6 rings (SSSR count). The molecule has 1 atom stereocenters. The van der Waals surface area contributed by atoms with Crippen LogP contribution in [0.2, 0.25) is 0 Å². The number of benzene rings is 1. The van der Waals surface area contributed by atoms with Gasteiger partial charge in [-0.15, -0.1) is 0 Å². The van der Waals surface area contributed by atoms with E-state index in [0.29, 0.717) is 41.1 Å². The van der Waals surface area contributed by atoms with Gasteiger partial charge in [-0.2, -0.15) is 0 Å². The normalized spacial score (nSPS) is 17.5. The highest BCUT2D eigenvalue weighted by Gasteiger charge is 2.34. The van der Waals surface area contributed by atoms with Crippen molar-refractivity contribution in [2.75, 3.05) is 32.1 Å². The van der Waals surface area contributed by atoms with Crippen LogP contribution in [-0.4, -0.2) is 84.6 Å². The van der Waals surface area contributed by atoms with E-state index in [9.17, 15) is 14.7 Å². The Kier molecular flexibility index (Phi) is 6.01. The highest BCUT2D eigenvalue weighted by molar-refractivity contribution is 6.02. The van der Waals surface area contributed by atoms with Crippen LogP contribution in [0.5, 0.6) is 0 Å². The third-order valence-electron chi connectivity index (χ3n) is 7.46. The molecule has 1 aromatic carbocycles. The Morgan fingerprint density at radius 2 is 2.08 bits per heavy atom. The van der Waals surface area contributed by atoms with Crippen molar-refractivity contribution in [1.29, 1.82) is 0 Å². The number of pyridine rings is 1. The number of H-pyrrole nitrogens is 3. The van der Waals surface area contributed by atoms with Crippen LogP contribution < -0.4 is 10.9 Å². The van der Waals surface area contributed by atoms with E-state index >= 15 is 0 Å². The second-order valence-electron chi connectivity index (χ2n) is 9.96. The summed E-state index contributed by atoms with van der Waals surface area (Å²) in [5.74, 6) is 0.458. The highest BCUT2D eigenvalue weighted by atomic mass is 16.3. The number of hydrogen-bond donors (Lipinski definition) is 5. The molecule has 4 aromatic rings. The number of imidazole rings is 2. The molecule has 1 amide bonds. The number of carbonyl (C=O) groups excluding carboxylic acids is 1. The fraction of sp³-hybridized carbons (Fsp3) is 0.385. The summed E-state index contributed by atoms with van der Waals surface area (Å²) in [6.45, 7) is 2.45. The molecular weight excluding hydrogens is 472 g/mol. The average molecular weight is 503 g/mol.